The van der Waals surface area contributed by atoms with Gasteiger partial charge in [-0.1, -0.05) is 18.2 Å². The zero-order valence-electron chi connectivity index (χ0n) is 16.6. The molecule has 1 aliphatic rings. The molecule has 2 amide bonds. The number of pyridine rings is 1. The number of rotatable bonds is 5. The lowest BCUT2D eigenvalue weighted by molar-refractivity contribution is -0.133. The van der Waals surface area contributed by atoms with Gasteiger partial charge in [0.25, 0.3) is 0 Å². The van der Waals surface area contributed by atoms with Crippen molar-refractivity contribution in [2.45, 2.75) is 25.4 Å². The standard InChI is InChI=1S/C22H22FN5O2/c1-27-12-16-13-28(20(29)10-15-5-7-17(23)8-6-15)14-19(21(16)26-27)22(30)25-11-18-4-2-3-9-24-18/h2-9,12,19H,10-11,13-14H2,1H3,(H,25,30)/t19-/m0/s1. The lowest BCUT2D eigenvalue weighted by atomic mass is 9.95. The predicted octanol–water partition coefficient (Wildman–Crippen LogP) is 1.94. The molecule has 1 aliphatic heterocycles. The molecular formula is C22H22FN5O2. The smallest absolute Gasteiger partial charge is 0.231 e. The number of benzene rings is 1. The van der Waals surface area contributed by atoms with Gasteiger partial charge in [0.1, 0.15) is 5.82 Å². The summed E-state index contributed by atoms with van der Waals surface area (Å²) in [5.41, 5.74) is 3.04. The van der Waals surface area contributed by atoms with E-state index in [0.717, 1.165) is 16.8 Å². The quantitative estimate of drug-likeness (QED) is 0.701. The van der Waals surface area contributed by atoms with Crippen molar-refractivity contribution in [3.63, 3.8) is 0 Å². The molecule has 0 bridgehead atoms. The molecule has 0 radical (unpaired) electrons. The van der Waals surface area contributed by atoms with Gasteiger partial charge in [-0.15, -0.1) is 0 Å². The zero-order valence-corrected chi connectivity index (χ0v) is 16.6. The van der Waals surface area contributed by atoms with Crippen LogP contribution in [0.25, 0.3) is 0 Å². The second-order valence-corrected chi connectivity index (χ2v) is 7.38. The van der Waals surface area contributed by atoms with E-state index in [1.54, 1.807) is 35.0 Å². The van der Waals surface area contributed by atoms with Crippen LogP contribution in [0.3, 0.4) is 0 Å². The number of carbonyl (C=O) groups is 2. The molecular weight excluding hydrogens is 385 g/mol. The SMILES string of the molecule is Cn1cc2c(n1)[C@@H](C(=O)NCc1ccccn1)CN(C(=O)Cc1ccc(F)cc1)C2. The van der Waals surface area contributed by atoms with Crippen molar-refractivity contribution in [3.05, 3.63) is 83.2 Å². The maximum absolute atomic E-state index is 13.1. The number of nitrogens with one attached hydrogen (secondary N) is 1. The summed E-state index contributed by atoms with van der Waals surface area (Å²) < 4.78 is 14.8. The van der Waals surface area contributed by atoms with Crippen LogP contribution in [0.4, 0.5) is 4.39 Å². The molecule has 4 rings (SSSR count). The molecule has 0 fully saturated rings. The van der Waals surface area contributed by atoms with Gasteiger partial charge < -0.3 is 10.2 Å². The Morgan fingerprint density at radius 1 is 1.20 bits per heavy atom. The highest BCUT2D eigenvalue weighted by molar-refractivity contribution is 5.86. The summed E-state index contributed by atoms with van der Waals surface area (Å²) in [6.45, 7) is 0.952. The normalized spacial score (nSPS) is 15.5. The van der Waals surface area contributed by atoms with Crippen LogP contribution in [-0.4, -0.2) is 38.0 Å². The maximum Gasteiger partial charge on any atom is 0.231 e. The van der Waals surface area contributed by atoms with Crippen LogP contribution in [0.15, 0.2) is 54.9 Å². The summed E-state index contributed by atoms with van der Waals surface area (Å²) in [5, 5.41) is 7.36. The van der Waals surface area contributed by atoms with E-state index < -0.39 is 5.92 Å². The summed E-state index contributed by atoms with van der Waals surface area (Å²) in [4.78, 5) is 31.7. The van der Waals surface area contributed by atoms with Gasteiger partial charge in [0, 0.05) is 38.1 Å². The number of fused-ring (bicyclic) bond motifs is 1. The molecule has 3 heterocycles. The number of amides is 2. The van der Waals surface area contributed by atoms with Crippen LogP contribution in [0.5, 0.6) is 0 Å². The van der Waals surface area contributed by atoms with Gasteiger partial charge >= 0.3 is 0 Å². The van der Waals surface area contributed by atoms with Crippen molar-refractivity contribution in [2.75, 3.05) is 6.54 Å². The van der Waals surface area contributed by atoms with Crippen LogP contribution >= 0.6 is 0 Å². The Kier molecular flexibility index (Phi) is 5.56. The Labute approximate surface area is 173 Å². The van der Waals surface area contributed by atoms with Gasteiger partial charge in [-0.25, -0.2) is 4.39 Å². The summed E-state index contributed by atoms with van der Waals surface area (Å²) in [5.74, 6) is -1.21. The molecule has 8 heteroatoms. The molecule has 7 nitrogen and oxygen atoms in total. The van der Waals surface area contributed by atoms with Crippen molar-refractivity contribution < 1.29 is 14.0 Å². The van der Waals surface area contributed by atoms with Crippen molar-refractivity contribution in [1.29, 1.82) is 0 Å². The van der Waals surface area contributed by atoms with Crippen molar-refractivity contribution >= 4 is 11.8 Å². The van der Waals surface area contributed by atoms with E-state index in [9.17, 15) is 14.0 Å². The van der Waals surface area contributed by atoms with E-state index in [1.165, 1.54) is 12.1 Å². The minimum absolute atomic E-state index is 0.112. The number of nitrogens with zero attached hydrogens (tertiary/aromatic N) is 4. The van der Waals surface area contributed by atoms with Gasteiger partial charge in [-0.05, 0) is 29.8 Å². The lowest BCUT2D eigenvalue weighted by Gasteiger charge is -2.31. The van der Waals surface area contributed by atoms with Crippen LogP contribution < -0.4 is 5.32 Å². The van der Waals surface area contributed by atoms with E-state index in [0.29, 0.717) is 18.8 Å². The number of hydrogen-bond acceptors (Lipinski definition) is 4. The molecule has 0 saturated heterocycles. The van der Waals surface area contributed by atoms with E-state index >= 15 is 0 Å². The molecule has 1 atom stereocenters. The minimum Gasteiger partial charge on any atom is -0.350 e. The highest BCUT2D eigenvalue weighted by atomic mass is 19.1. The minimum atomic E-state index is -0.559. The average Bonchev–Trinajstić information content (AvgIpc) is 3.13. The molecule has 0 aliphatic carbocycles. The van der Waals surface area contributed by atoms with Gasteiger partial charge in [-0.2, -0.15) is 5.10 Å². The van der Waals surface area contributed by atoms with Gasteiger partial charge in [-0.3, -0.25) is 19.3 Å². The summed E-state index contributed by atoms with van der Waals surface area (Å²) >= 11 is 0. The lowest BCUT2D eigenvalue weighted by Crippen LogP contribution is -2.44. The van der Waals surface area contributed by atoms with Crippen molar-refractivity contribution in [3.8, 4) is 0 Å². The predicted molar refractivity (Wildman–Crippen MR) is 108 cm³/mol. The first-order chi connectivity index (χ1) is 14.5. The molecule has 0 spiro atoms. The molecule has 2 aromatic heterocycles. The highest BCUT2D eigenvalue weighted by Crippen LogP contribution is 2.28. The second-order valence-electron chi connectivity index (χ2n) is 7.38. The van der Waals surface area contributed by atoms with Crippen LogP contribution in [0, 0.1) is 5.82 Å². The Balaban J connectivity index is 1.49. The molecule has 3 aromatic rings. The Bertz CT molecular complexity index is 1050. The monoisotopic (exact) mass is 407 g/mol. The van der Waals surface area contributed by atoms with Gasteiger partial charge in [0.2, 0.25) is 11.8 Å². The topological polar surface area (TPSA) is 80.1 Å². The third-order valence-electron chi connectivity index (χ3n) is 5.14. The summed E-state index contributed by atoms with van der Waals surface area (Å²) in [6.07, 6.45) is 3.67. The number of carbonyl (C=O) groups excluding carboxylic acids is 2. The molecule has 0 unspecified atom stereocenters. The molecule has 0 saturated carbocycles. The third-order valence-corrected chi connectivity index (χ3v) is 5.14. The van der Waals surface area contributed by atoms with Crippen LogP contribution in [0.2, 0.25) is 0 Å². The zero-order chi connectivity index (χ0) is 21.1. The Morgan fingerprint density at radius 2 is 2.00 bits per heavy atom. The van der Waals surface area contributed by atoms with E-state index in [2.05, 4.69) is 15.4 Å². The van der Waals surface area contributed by atoms with Crippen LogP contribution in [-0.2, 0) is 36.1 Å². The highest BCUT2D eigenvalue weighted by Gasteiger charge is 2.35. The fourth-order valence-electron chi connectivity index (χ4n) is 3.64. The molecule has 1 aromatic carbocycles. The first-order valence-electron chi connectivity index (χ1n) is 9.72. The van der Waals surface area contributed by atoms with E-state index in [-0.39, 0.29) is 30.6 Å². The Morgan fingerprint density at radius 3 is 2.73 bits per heavy atom. The van der Waals surface area contributed by atoms with Crippen molar-refractivity contribution in [1.82, 2.24) is 25.0 Å². The fraction of sp³-hybridized carbons (Fsp3) is 0.273. The van der Waals surface area contributed by atoms with Gasteiger partial charge in [0.05, 0.1) is 30.3 Å². The Hall–Kier alpha value is -3.55. The van der Waals surface area contributed by atoms with Gasteiger partial charge in [0.15, 0.2) is 0 Å². The summed E-state index contributed by atoms with van der Waals surface area (Å²) in [6, 6.07) is 11.4. The first-order valence-corrected chi connectivity index (χ1v) is 9.72. The first kappa shape index (κ1) is 19.8. The molecule has 30 heavy (non-hydrogen) atoms. The number of aromatic nitrogens is 3. The number of hydrogen-bond donors (Lipinski definition) is 1. The summed E-state index contributed by atoms with van der Waals surface area (Å²) in [7, 11) is 1.80. The van der Waals surface area contributed by atoms with E-state index in [4.69, 9.17) is 0 Å². The largest absolute Gasteiger partial charge is 0.350 e. The van der Waals surface area contributed by atoms with Crippen molar-refractivity contribution in [2.24, 2.45) is 7.05 Å². The third kappa shape index (κ3) is 4.37. The number of aryl methyl sites for hydroxylation is 1. The van der Waals surface area contributed by atoms with Crippen LogP contribution in [0.1, 0.15) is 28.4 Å². The van der Waals surface area contributed by atoms with E-state index in [1.807, 2.05) is 24.4 Å². The molecule has 1 N–H and O–H groups in total. The maximum atomic E-state index is 13.1. The second kappa shape index (κ2) is 8.44. The molecule has 154 valence electrons. The number of halogens is 1. The fourth-order valence-corrected chi connectivity index (χ4v) is 3.64. The average molecular weight is 407 g/mol.